The van der Waals surface area contributed by atoms with E-state index in [2.05, 4.69) is 94.4 Å². The average Bonchev–Trinajstić information content (AvgIpc) is 3.12. The topological polar surface area (TPSA) is 0 Å². The summed E-state index contributed by atoms with van der Waals surface area (Å²) >= 11 is -2.55. The van der Waals surface area contributed by atoms with E-state index in [1.807, 2.05) is 0 Å². The number of rotatable bonds is 5. The second kappa shape index (κ2) is 9.16. The van der Waals surface area contributed by atoms with Gasteiger partial charge in [-0.3, -0.25) is 0 Å². The van der Waals surface area contributed by atoms with E-state index in [9.17, 15) is 0 Å². The van der Waals surface area contributed by atoms with Gasteiger partial charge in [-0.15, -0.1) is 0 Å². The van der Waals surface area contributed by atoms with E-state index in [1.54, 1.807) is 0 Å². The Balaban J connectivity index is 2.05. The Morgan fingerprint density at radius 1 is 0.900 bits per heavy atom. The zero-order chi connectivity index (χ0) is 21.4. The fraction of sp³-hybridized carbons (Fsp3) is 0.259. The van der Waals surface area contributed by atoms with Gasteiger partial charge in [0.2, 0.25) is 0 Å². The zero-order valence-electron chi connectivity index (χ0n) is 18.0. The van der Waals surface area contributed by atoms with E-state index in [1.165, 1.54) is 50.1 Å². The maximum atomic E-state index is 6.73. The maximum absolute atomic E-state index is 6.73. The van der Waals surface area contributed by atoms with Gasteiger partial charge in [0, 0.05) is 0 Å². The van der Waals surface area contributed by atoms with Gasteiger partial charge in [0.05, 0.1) is 0 Å². The van der Waals surface area contributed by atoms with Gasteiger partial charge >= 0.3 is 197 Å². The number of hydrogen-bond acceptors (Lipinski definition) is 0. The number of aryl methyl sites for hydroxylation is 2. The number of hydrogen-bond donors (Lipinski definition) is 0. The molecule has 2 atom stereocenters. The zero-order valence-corrected chi connectivity index (χ0v) is 21.9. The summed E-state index contributed by atoms with van der Waals surface area (Å²) in [5.74, 6) is 0.489. The molecule has 3 heteroatoms. The summed E-state index contributed by atoms with van der Waals surface area (Å²) in [7, 11) is 13.5. The molecular weight excluding hydrogens is 486 g/mol. The molecule has 1 aliphatic rings. The summed E-state index contributed by atoms with van der Waals surface area (Å²) < 4.78 is 0.246. The van der Waals surface area contributed by atoms with Crippen LogP contribution in [0.2, 0.25) is 0 Å². The standard InChI is InChI=1S/C27H27.2ClH.Zr/c1-5-20(4)23-16-22-11-12-25(21-9-7-6-8-10-21)27(26(22)17-23)24-14-18(2)13-19(3)15-24;;;/h6-17,20H,5H2,1-4H3;2*1H;/q;;;+2/p-2. The third-order valence-electron chi connectivity index (χ3n) is 6.23. The van der Waals surface area contributed by atoms with Gasteiger partial charge in [-0.25, -0.2) is 0 Å². The van der Waals surface area contributed by atoms with Crippen molar-refractivity contribution < 1.29 is 19.4 Å². The van der Waals surface area contributed by atoms with Crippen molar-refractivity contribution in [1.82, 2.24) is 0 Å². The SMILES string of the molecule is CCC(C)C1=Cc2c(ccc(-c3ccccc3)c2-c2cc(C)cc(C)c2)[CH]1[Zr]([Cl])[Cl]. The molecule has 30 heavy (non-hydrogen) atoms. The number of fused-ring (bicyclic) bond motifs is 1. The predicted octanol–water partition coefficient (Wildman–Crippen LogP) is 9.05. The van der Waals surface area contributed by atoms with E-state index < -0.39 is 19.4 Å². The van der Waals surface area contributed by atoms with Crippen LogP contribution in [-0.4, -0.2) is 0 Å². The van der Waals surface area contributed by atoms with Crippen molar-refractivity contribution in [2.75, 3.05) is 0 Å². The van der Waals surface area contributed by atoms with E-state index >= 15 is 0 Å². The minimum absolute atomic E-state index is 0.246. The molecule has 3 aromatic carbocycles. The average molecular weight is 514 g/mol. The second-order valence-corrected chi connectivity index (χ2v) is 17.2. The Hall–Kier alpha value is -1.14. The van der Waals surface area contributed by atoms with Crippen molar-refractivity contribution in [2.24, 2.45) is 5.92 Å². The van der Waals surface area contributed by atoms with Crippen LogP contribution in [-0.2, 0) is 19.4 Å². The van der Waals surface area contributed by atoms with Crippen molar-refractivity contribution >= 4 is 23.1 Å². The molecule has 0 saturated carbocycles. The van der Waals surface area contributed by atoms with Crippen molar-refractivity contribution in [2.45, 2.75) is 37.7 Å². The molecule has 0 aliphatic heterocycles. The Labute approximate surface area is 195 Å². The molecule has 0 nitrogen and oxygen atoms in total. The van der Waals surface area contributed by atoms with Gasteiger partial charge in [0.1, 0.15) is 0 Å². The molecule has 0 spiro atoms. The van der Waals surface area contributed by atoms with Crippen LogP contribution in [0, 0.1) is 19.8 Å². The molecule has 0 radical (unpaired) electrons. The molecule has 0 aromatic heterocycles. The second-order valence-electron chi connectivity index (χ2n) is 8.41. The third-order valence-corrected chi connectivity index (χ3v) is 11.5. The monoisotopic (exact) mass is 511 g/mol. The minimum atomic E-state index is -2.55. The number of halogens is 2. The molecule has 0 heterocycles. The van der Waals surface area contributed by atoms with Gasteiger partial charge in [-0.05, 0) is 0 Å². The fourth-order valence-corrected chi connectivity index (χ4v) is 10.3. The van der Waals surface area contributed by atoms with Crippen LogP contribution < -0.4 is 0 Å². The van der Waals surface area contributed by atoms with E-state index in [4.69, 9.17) is 17.0 Å². The van der Waals surface area contributed by atoms with Gasteiger partial charge in [-0.2, -0.15) is 0 Å². The third kappa shape index (κ3) is 4.14. The van der Waals surface area contributed by atoms with Crippen LogP contribution >= 0.6 is 17.0 Å². The normalized spacial score (nSPS) is 16.2. The molecule has 0 amide bonds. The summed E-state index contributed by atoms with van der Waals surface area (Å²) in [4.78, 5) is 0. The van der Waals surface area contributed by atoms with Crippen molar-refractivity contribution in [1.29, 1.82) is 0 Å². The number of allylic oxidation sites excluding steroid dienone is 1. The molecular formula is C27H27Cl2Zr. The van der Waals surface area contributed by atoms with Crippen LogP contribution in [0.4, 0.5) is 0 Å². The first-order valence-electron chi connectivity index (χ1n) is 10.6. The van der Waals surface area contributed by atoms with Crippen molar-refractivity contribution in [3.8, 4) is 22.3 Å². The molecule has 4 rings (SSSR count). The Bertz CT molecular complexity index is 1080. The number of benzene rings is 3. The van der Waals surface area contributed by atoms with Gasteiger partial charge in [0.25, 0.3) is 0 Å². The molecule has 3 aromatic rings. The molecule has 1 aliphatic carbocycles. The Kier molecular flexibility index (Phi) is 6.74. The summed E-state index contributed by atoms with van der Waals surface area (Å²) in [6, 6.07) is 22.1. The molecule has 0 N–H and O–H groups in total. The van der Waals surface area contributed by atoms with Gasteiger partial charge < -0.3 is 0 Å². The molecule has 0 fully saturated rings. The van der Waals surface area contributed by atoms with Gasteiger partial charge in [-0.1, -0.05) is 0 Å². The first kappa shape index (κ1) is 22.1. The van der Waals surface area contributed by atoms with Crippen LogP contribution in [0.15, 0.2) is 66.2 Å². The van der Waals surface area contributed by atoms with Crippen LogP contribution in [0.5, 0.6) is 0 Å². The molecule has 153 valence electrons. The molecule has 0 bridgehead atoms. The summed E-state index contributed by atoms with van der Waals surface area (Å²) in [5.41, 5.74) is 11.8. The Morgan fingerprint density at radius 2 is 1.57 bits per heavy atom. The first-order chi connectivity index (χ1) is 14.4. The summed E-state index contributed by atoms with van der Waals surface area (Å²) in [6.45, 7) is 8.90. The molecule has 0 saturated heterocycles. The molecule has 2 unspecified atom stereocenters. The Morgan fingerprint density at radius 3 is 2.17 bits per heavy atom. The van der Waals surface area contributed by atoms with Crippen molar-refractivity contribution in [3.63, 3.8) is 0 Å². The predicted molar refractivity (Wildman–Crippen MR) is 129 cm³/mol. The first-order valence-corrected chi connectivity index (χ1v) is 18.4. The van der Waals surface area contributed by atoms with Crippen LogP contribution in [0.3, 0.4) is 0 Å². The van der Waals surface area contributed by atoms with Crippen molar-refractivity contribution in [3.05, 3.63) is 88.5 Å². The summed E-state index contributed by atoms with van der Waals surface area (Å²) in [6.07, 6.45) is 3.52. The van der Waals surface area contributed by atoms with Crippen LogP contribution in [0.1, 0.15) is 46.1 Å². The van der Waals surface area contributed by atoms with E-state index in [-0.39, 0.29) is 3.63 Å². The quantitative estimate of drug-likeness (QED) is 0.319. The van der Waals surface area contributed by atoms with Crippen LogP contribution in [0.25, 0.3) is 28.3 Å². The van der Waals surface area contributed by atoms with Gasteiger partial charge in [0.15, 0.2) is 0 Å². The van der Waals surface area contributed by atoms with E-state index in [0.717, 1.165) is 6.42 Å². The van der Waals surface area contributed by atoms with E-state index in [0.29, 0.717) is 5.92 Å². The fourth-order valence-electron chi connectivity index (χ4n) is 4.67. The summed E-state index contributed by atoms with van der Waals surface area (Å²) in [5, 5.41) is 0.